The van der Waals surface area contributed by atoms with Gasteiger partial charge in [-0.3, -0.25) is 4.79 Å². The second-order valence-electron chi connectivity index (χ2n) is 3.03. The first-order valence-electron chi connectivity index (χ1n) is 4.45. The van der Waals surface area contributed by atoms with Gasteiger partial charge in [-0.05, 0) is 12.1 Å². The van der Waals surface area contributed by atoms with E-state index < -0.39 is 0 Å². The molecule has 16 heavy (non-hydrogen) atoms. The number of hydrogen-bond donors (Lipinski definition) is 2. The molecule has 0 aliphatic heterocycles. The van der Waals surface area contributed by atoms with E-state index in [1.165, 1.54) is 0 Å². The molecule has 3 N–H and O–H groups in total. The van der Waals surface area contributed by atoms with Crippen LogP contribution in [0.5, 0.6) is 0 Å². The predicted molar refractivity (Wildman–Crippen MR) is 61.1 cm³/mol. The third-order valence-electron chi connectivity index (χ3n) is 1.90. The molecule has 1 amide bonds. The Labute approximate surface area is 95.8 Å². The second kappa shape index (κ2) is 4.28. The summed E-state index contributed by atoms with van der Waals surface area (Å²) in [5, 5.41) is 10.1. The van der Waals surface area contributed by atoms with E-state index in [4.69, 9.17) is 17.3 Å². The van der Waals surface area contributed by atoms with Crippen molar-refractivity contribution in [2.24, 2.45) is 0 Å². The number of nitrogens with one attached hydrogen (secondary N) is 1. The topological polar surface area (TPSA) is 93.8 Å². The summed E-state index contributed by atoms with van der Waals surface area (Å²) in [4.78, 5) is 15.2. The lowest BCUT2D eigenvalue weighted by Gasteiger charge is -2.05. The Bertz CT molecular complexity index is 544. The van der Waals surface area contributed by atoms with Gasteiger partial charge in [0, 0.05) is 0 Å². The molecular weight excluding hydrogens is 230 g/mol. The molecule has 0 aliphatic carbocycles. The molecule has 0 saturated heterocycles. The summed E-state index contributed by atoms with van der Waals surface area (Å²) in [7, 11) is 0. The summed E-state index contributed by atoms with van der Waals surface area (Å²) >= 11 is 5.40. The van der Waals surface area contributed by atoms with Crippen LogP contribution < -0.4 is 11.1 Å². The average Bonchev–Trinajstić information content (AvgIpc) is 2.29. The number of anilines is 2. The number of para-hydroxylation sites is 1. The second-order valence-corrected chi connectivity index (χ2v) is 3.29. The maximum absolute atomic E-state index is 11.2. The molecule has 0 bridgehead atoms. The summed E-state index contributed by atoms with van der Waals surface area (Å²) in [6.45, 7) is 0. The van der Waals surface area contributed by atoms with Gasteiger partial charge in [0.1, 0.15) is 16.9 Å². The van der Waals surface area contributed by atoms with Crippen LogP contribution in [0.1, 0.15) is 0 Å². The highest BCUT2D eigenvalue weighted by Crippen LogP contribution is 2.19. The van der Waals surface area contributed by atoms with Crippen LogP contribution in [0.2, 0.25) is 0 Å². The lowest BCUT2D eigenvalue weighted by Crippen LogP contribution is -2.13. The van der Waals surface area contributed by atoms with Crippen LogP contribution >= 0.6 is 11.6 Å². The summed E-state index contributed by atoms with van der Waals surface area (Å²) < 4.78 is 0. The first-order valence-corrected chi connectivity index (χ1v) is 4.99. The molecule has 1 heterocycles. The Morgan fingerprint density at radius 3 is 3.00 bits per heavy atom. The molecular formula is C9H8ClN5O. The molecule has 7 heteroatoms. The fourth-order valence-electron chi connectivity index (χ4n) is 1.26. The number of carbonyl (C=O) groups excluding carboxylic acids is 1. The number of nitrogens with two attached hydrogens (primary N) is 1. The van der Waals surface area contributed by atoms with Gasteiger partial charge >= 0.3 is 0 Å². The van der Waals surface area contributed by atoms with Gasteiger partial charge in [-0.15, -0.1) is 21.8 Å². The zero-order chi connectivity index (χ0) is 11.5. The largest absolute Gasteiger partial charge is 0.366 e. The van der Waals surface area contributed by atoms with Gasteiger partial charge in [-0.2, -0.15) is 0 Å². The smallest absolute Gasteiger partial charge is 0.240 e. The number of amides is 1. The van der Waals surface area contributed by atoms with Crippen LogP contribution in [-0.2, 0) is 4.79 Å². The zero-order valence-electron chi connectivity index (χ0n) is 8.14. The van der Waals surface area contributed by atoms with Gasteiger partial charge in [0.15, 0.2) is 0 Å². The molecule has 0 aliphatic rings. The molecule has 0 atom stereocenters. The van der Waals surface area contributed by atoms with Crippen LogP contribution in [0.25, 0.3) is 11.0 Å². The SMILES string of the molecule is Nc1nnc2cccc(NC(=O)CCl)c2n1. The van der Waals surface area contributed by atoms with Gasteiger partial charge in [0.05, 0.1) is 5.69 Å². The molecule has 1 aromatic heterocycles. The summed E-state index contributed by atoms with van der Waals surface area (Å²) in [6, 6.07) is 5.16. The van der Waals surface area contributed by atoms with E-state index in [2.05, 4.69) is 20.5 Å². The van der Waals surface area contributed by atoms with Crippen molar-refractivity contribution in [2.45, 2.75) is 0 Å². The number of rotatable bonds is 2. The minimum absolute atomic E-state index is 0.0556. The first-order chi connectivity index (χ1) is 7.70. The highest BCUT2D eigenvalue weighted by molar-refractivity contribution is 6.29. The lowest BCUT2D eigenvalue weighted by atomic mass is 10.2. The third kappa shape index (κ3) is 2.01. The molecule has 82 valence electrons. The number of carbonyl (C=O) groups is 1. The summed E-state index contributed by atoms with van der Waals surface area (Å²) in [6.07, 6.45) is 0. The van der Waals surface area contributed by atoms with E-state index in [-0.39, 0.29) is 17.7 Å². The molecule has 0 saturated carbocycles. The van der Waals surface area contributed by atoms with E-state index in [0.717, 1.165) is 0 Å². The normalized spacial score (nSPS) is 10.3. The number of hydrogen-bond acceptors (Lipinski definition) is 5. The molecule has 6 nitrogen and oxygen atoms in total. The highest BCUT2D eigenvalue weighted by atomic mass is 35.5. The monoisotopic (exact) mass is 237 g/mol. The van der Waals surface area contributed by atoms with Crippen LogP contribution in [0.3, 0.4) is 0 Å². The molecule has 0 spiro atoms. The lowest BCUT2D eigenvalue weighted by molar-refractivity contribution is -0.113. The fraction of sp³-hybridized carbons (Fsp3) is 0.111. The number of nitrogen functional groups attached to an aromatic ring is 1. The van der Waals surface area contributed by atoms with Crippen molar-refractivity contribution < 1.29 is 4.79 Å². The number of benzene rings is 1. The van der Waals surface area contributed by atoms with Crippen LogP contribution in [0.4, 0.5) is 11.6 Å². The van der Waals surface area contributed by atoms with Crippen molar-refractivity contribution in [3.63, 3.8) is 0 Å². The van der Waals surface area contributed by atoms with Crippen molar-refractivity contribution in [3.8, 4) is 0 Å². The number of fused-ring (bicyclic) bond motifs is 1. The van der Waals surface area contributed by atoms with Gasteiger partial charge < -0.3 is 11.1 Å². The predicted octanol–water partition coefficient (Wildman–Crippen LogP) is 0.784. The Hall–Kier alpha value is -1.95. The van der Waals surface area contributed by atoms with Crippen LogP contribution in [-0.4, -0.2) is 27.0 Å². The van der Waals surface area contributed by atoms with E-state index in [9.17, 15) is 4.79 Å². The van der Waals surface area contributed by atoms with Gasteiger partial charge in [0.25, 0.3) is 0 Å². The van der Waals surface area contributed by atoms with Crippen molar-refractivity contribution >= 4 is 40.2 Å². The number of nitrogens with zero attached hydrogens (tertiary/aromatic N) is 3. The maximum atomic E-state index is 11.2. The van der Waals surface area contributed by atoms with Crippen molar-refractivity contribution in [3.05, 3.63) is 18.2 Å². The Kier molecular flexibility index (Phi) is 2.82. The Morgan fingerprint density at radius 1 is 1.44 bits per heavy atom. The Balaban J connectivity index is 2.52. The minimum atomic E-state index is -0.314. The van der Waals surface area contributed by atoms with Gasteiger partial charge in [-0.25, -0.2) is 4.98 Å². The highest BCUT2D eigenvalue weighted by Gasteiger charge is 2.07. The van der Waals surface area contributed by atoms with E-state index in [0.29, 0.717) is 16.7 Å². The summed E-state index contributed by atoms with van der Waals surface area (Å²) in [5.74, 6) is -0.379. The fourth-order valence-corrected chi connectivity index (χ4v) is 1.32. The van der Waals surface area contributed by atoms with E-state index in [1.807, 2.05) is 0 Å². The molecule has 0 unspecified atom stereocenters. The average molecular weight is 238 g/mol. The number of halogens is 1. The number of alkyl halides is 1. The van der Waals surface area contributed by atoms with Gasteiger partial charge in [-0.1, -0.05) is 6.07 Å². The third-order valence-corrected chi connectivity index (χ3v) is 2.14. The first kappa shape index (κ1) is 10.6. The maximum Gasteiger partial charge on any atom is 0.240 e. The van der Waals surface area contributed by atoms with Crippen molar-refractivity contribution in [1.82, 2.24) is 15.2 Å². The number of aromatic nitrogens is 3. The van der Waals surface area contributed by atoms with E-state index in [1.54, 1.807) is 18.2 Å². The molecule has 1 aromatic carbocycles. The summed E-state index contributed by atoms with van der Waals surface area (Å²) in [5.41, 5.74) is 7.00. The Morgan fingerprint density at radius 2 is 2.25 bits per heavy atom. The van der Waals surface area contributed by atoms with Crippen molar-refractivity contribution in [1.29, 1.82) is 0 Å². The van der Waals surface area contributed by atoms with Crippen LogP contribution in [0, 0.1) is 0 Å². The van der Waals surface area contributed by atoms with E-state index >= 15 is 0 Å². The molecule has 2 rings (SSSR count). The molecule has 0 fully saturated rings. The minimum Gasteiger partial charge on any atom is -0.366 e. The standard InChI is InChI=1S/C9H8ClN5O/c10-4-7(16)12-5-2-1-3-6-8(5)13-9(11)15-14-6/h1-3H,4H2,(H,12,16)(H2,11,13,15). The molecule has 0 radical (unpaired) electrons. The zero-order valence-corrected chi connectivity index (χ0v) is 8.90. The quantitative estimate of drug-likeness (QED) is 0.753. The van der Waals surface area contributed by atoms with Crippen LogP contribution in [0.15, 0.2) is 18.2 Å². The van der Waals surface area contributed by atoms with Crippen molar-refractivity contribution in [2.75, 3.05) is 16.9 Å². The molecule has 2 aromatic rings. The van der Waals surface area contributed by atoms with Gasteiger partial charge in [0.2, 0.25) is 11.9 Å².